The van der Waals surface area contributed by atoms with Crippen LogP contribution in [0.2, 0.25) is 0 Å². The van der Waals surface area contributed by atoms with E-state index in [1.807, 2.05) is 69.3 Å². The lowest BCUT2D eigenvalue weighted by atomic mass is 10.0. The molecule has 2 aromatic rings. The molecule has 0 bridgehead atoms. The fourth-order valence-corrected chi connectivity index (χ4v) is 3.28. The predicted octanol–water partition coefficient (Wildman–Crippen LogP) is 4.63. The zero-order chi connectivity index (χ0) is 21.0. The van der Waals surface area contributed by atoms with Crippen molar-refractivity contribution < 1.29 is 14.3 Å². The number of nitrogens with one attached hydrogen (secondary N) is 1. The highest BCUT2D eigenvalue weighted by Gasteiger charge is 2.39. The lowest BCUT2D eigenvalue weighted by Crippen LogP contribution is -2.35. The number of benzene rings is 2. The van der Waals surface area contributed by atoms with Gasteiger partial charge in [0.2, 0.25) is 0 Å². The molecule has 0 spiro atoms. The van der Waals surface area contributed by atoms with Gasteiger partial charge in [0.15, 0.2) is 0 Å². The smallest absolute Gasteiger partial charge is 0.278 e. The van der Waals surface area contributed by atoms with Crippen molar-refractivity contribution in [2.75, 3.05) is 18.5 Å². The fourth-order valence-electron chi connectivity index (χ4n) is 3.28. The summed E-state index contributed by atoms with van der Waals surface area (Å²) in [7, 11) is 0. The molecule has 0 radical (unpaired) electrons. The van der Waals surface area contributed by atoms with Crippen molar-refractivity contribution in [1.82, 2.24) is 4.90 Å². The zero-order valence-corrected chi connectivity index (χ0v) is 17.5. The van der Waals surface area contributed by atoms with Crippen LogP contribution in [-0.4, -0.2) is 29.9 Å². The summed E-state index contributed by atoms with van der Waals surface area (Å²) in [6, 6.07) is 15.1. The Bertz CT molecular complexity index is 929. The number of rotatable bonds is 8. The Morgan fingerprint density at radius 3 is 2.31 bits per heavy atom. The normalized spacial score (nSPS) is 14.2. The van der Waals surface area contributed by atoms with Crippen LogP contribution in [0.25, 0.3) is 5.57 Å². The minimum Gasteiger partial charge on any atom is -0.494 e. The lowest BCUT2D eigenvalue weighted by molar-refractivity contribution is -0.137. The van der Waals surface area contributed by atoms with Gasteiger partial charge in [-0.15, -0.1) is 0 Å². The maximum absolute atomic E-state index is 13.2. The third kappa shape index (κ3) is 4.50. The molecule has 29 heavy (non-hydrogen) atoms. The third-order valence-corrected chi connectivity index (χ3v) is 4.74. The van der Waals surface area contributed by atoms with E-state index in [9.17, 15) is 9.59 Å². The largest absolute Gasteiger partial charge is 0.494 e. The zero-order valence-electron chi connectivity index (χ0n) is 17.5. The molecule has 0 saturated heterocycles. The Labute approximate surface area is 172 Å². The van der Waals surface area contributed by atoms with Crippen LogP contribution in [0.4, 0.5) is 5.69 Å². The van der Waals surface area contributed by atoms with Gasteiger partial charge in [-0.3, -0.25) is 14.5 Å². The van der Waals surface area contributed by atoms with E-state index in [0.717, 1.165) is 23.4 Å². The standard InChI is InChI=1S/C24H28N2O3/c1-5-14-29-19-12-10-18(11-13-19)21-22(25-20-9-7-6-8-17(20)4)24(28)26(23(21)27)15-16(2)3/h6-13,16,25H,5,14-15H2,1-4H3. The number of aryl methyl sites for hydroxylation is 1. The molecule has 3 rings (SSSR count). The van der Waals surface area contributed by atoms with E-state index in [2.05, 4.69) is 12.2 Å². The van der Waals surface area contributed by atoms with Crippen LogP contribution in [0.1, 0.15) is 38.3 Å². The Balaban J connectivity index is 2.01. The first-order valence-electron chi connectivity index (χ1n) is 10.1. The van der Waals surface area contributed by atoms with E-state index in [1.165, 1.54) is 4.90 Å². The molecule has 1 N–H and O–H groups in total. The molecule has 0 aliphatic carbocycles. The van der Waals surface area contributed by atoms with Crippen molar-refractivity contribution in [1.29, 1.82) is 0 Å². The molecule has 0 aromatic heterocycles. The van der Waals surface area contributed by atoms with Crippen LogP contribution in [-0.2, 0) is 9.59 Å². The maximum Gasteiger partial charge on any atom is 0.278 e. The molecule has 1 aliphatic heterocycles. The number of hydrogen-bond acceptors (Lipinski definition) is 4. The van der Waals surface area contributed by atoms with Crippen molar-refractivity contribution in [3.8, 4) is 5.75 Å². The topological polar surface area (TPSA) is 58.6 Å². The summed E-state index contributed by atoms with van der Waals surface area (Å²) in [6.45, 7) is 9.03. The Morgan fingerprint density at radius 1 is 1.00 bits per heavy atom. The van der Waals surface area contributed by atoms with Gasteiger partial charge in [0, 0.05) is 12.2 Å². The summed E-state index contributed by atoms with van der Waals surface area (Å²) in [5, 5.41) is 3.23. The molecule has 5 heteroatoms. The first-order valence-corrected chi connectivity index (χ1v) is 10.1. The molecule has 0 atom stereocenters. The van der Waals surface area contributed by atoms with Gasteiger partial charge in [-0.25, -0.2) is 0 Å². The van der Waals surface area contributed by atoms with Crippen molar-refractivity contribution in [3.63, 3.8) is 0 Å². The van der Waals surface area contributed by atoms with Crippen molar-refractivity contribution in [3.05, 3.63) is 65.4 Å². The number of anilines is 1. The third-order valence-electron chi connectivity index (χ3n) is 4.74. The monoisotopic (exact) mass is 392 g/mol. The molecule has 5 nitrogen and oxygen atoms in total. The minimum atomic E-state index is -0.284. The molecule has 1 heterocycles. The second-order valence-corrected chi connectivity index (χ2v) is 7.68. The summed E-state index contributed by atoms with van der Waals surface area (Å²) in [6.07, 6.45) is 0.925. The summed E-state index contributed by atoms with van der Waals surface area (Å²) >= 11 is 0. The van der Waals surface area contributed by atoms with Gasteiger partial charge in [-0.2, -0.15) is 0 Å². The lowest BCUT2D eigenvalue weighted by Gasteiger charge is -2.17. The SMILES string of the molecule is CCCOc1ccc(C2=C(Nc3ccccc3C)C(=O)N(CC(C)C)C2=O)cc1. The number of carbonyl (C=O) groups excluding carboxylic acids is 2. The van der Waals surface area contributed by atoms with Crippen LogP contribution < -0.4 is 10.1 Å². The molecule has 0 fully saturated rings. The van der Waals surface area contributed by atoms with Crippen LogP contribution in [0.15, 0.2) is 54.2 Å². The average Bonchev–Trinajstić information content (AvgIpc) is 2.92. The maximum atomic E-state index is 13.2. The summed E-state index contributed by atoms with van der Waals surface area (Å²) < 4.78 is 5.64. The van der Waals surface area contributed by atoms with Crippen LogP contribution in [0, 0.1) is 12.8 Å². The highest BCUT2D eigenvalue weighted by atomic mass is 16.5. The van der Waals surface area contributed by atoms with E-state index in [1.54, 1.807) is 0 Å². The summed E-state index contributed by atoms with van der Waals surface area (Å²) in [5.41, 5.74) is 3.25. The molecule has 2 amide bonds. The Hall–Kier alpha value is -3.08. The van der Waals surface area contributed by atoms with E-state index in [-0.39, 0.29) is 17.7 Å². The second kappa shape index (κ2) is 8.95. The molecule has 152 valence electrons. The molecule has 1 aliphatic rings. The van der Waals surface area contributed by atoms with Crippen LogP contribution >= 0.6 is 0 Å². The molecular formula is C24H28N2O3. The number of amides is 2. The van der Waals surface area contributed by atoms with Gasteiger partial charge >= 0.3 is 0 Å². The van der Waals surface area contributed by atoms with E-state index < -0.39 is 0 Å². The highest BCUT2D eigenvalue weighted by Crippen LogP contribution is 2.32. The molecular weight excluding hydrogens is 364 g/mol. The number of ether oxygens (including phenoxy) is 1. The van der Waals surface area contributed by atoms with Gasteiger partial charge in [-0.1, -0.05) is 51.1 Å². The average molecular weight is 392 g/mol. The Morgan fingerprint density at radius 2 is 1.69 bits per heavy atom. The van der Waals surface area contributed by atoms with Crippen molar-refractivity contribution in [2.45, 2.75) is 34.1 Å². The molecule has 0 saturated carbocycles. The number of carbonyl (C=O) groups is 2. The van der Waals surface area contributed by atoms with E-state index in [0.29, 0.717) is 30.0 Å². The first-order chi connectivity index (χ1) is 13.9. The number of hydrogen-bond donors (Lipinski definition) is 1. The van der Waals surface area contributed by atoms with Gasteiger partial charge in [0.1, 0.15) is 11.4 Å². The fraction of sp³-hybridized carbons (Fsp3) is 0.333. The van der Waals surface area contributed by atoms with Gasteiger partial charge in [0.25, 0.3) is 11.8 Å². The van der Waals surface area contributed by atoms with E-state index >= 15 is 0 Å². The Kier molecular flexibility index (Phi) is 6.37. The molecule has 2 aromatic carbocycles. The number of para-hydroxylation sites is 1. The minimum absolute atomic E-state index is 0.187. The summed E-state index contributed by atoms with van der Waals surface area (Å²) in [4.78, 5) is 27.6. The molecule has 0 unspecified atom stereocenters. The van der Waals surface area contributed by atoms with Crippen molar-refractivity contribution >= 4 is 23.1 Å². The highest BCUT2D eigenvalue weighted by molar-refractivity contribution is 6.36. The number of nitrogens with zero attached hydrogens (tertiary/aromatic N) is 1. The summed E-state index contributed by atoms with van der Waals surface area (Å²) in [5.74, 6) is 0.391. The second-order valence-electron chi connectivity index (χ2n) is 7.68. The first kappa shape index (κ1) is 20.6. The number of imide groups is 1. The van der Waals surface area contributed by atoms with E-state index in [4.69, 9.17) is 4.74 Å². The quantitative estimate of drug-likeness (QED) is 0.666. The van der Waals surface area contributed by atoms with Gasteiger partial charge < -0.3 is 10.1 Å². The van der Waals surface area contributed by atoms with Gasteiger partial charge in [-0.05, 0) is 48.6 Å². The van der Waals surface area contributed by atoms with Gasteiger partial charge in [0.05, 0.1) is 12.2 Å². The predicted molar refractivity (Wildman–Crippen MR) is 116 cm³/mol. The van der Waals surface area contributed by atoms with Crippen LogP contribution in [0.3, 0.4) is 0 Å². The van der Waals surface area contributed by atoms with Crippen LogP contribution in [0.5, 0.6) is 5.75 Å². The van der Waals surface area contributed by atoms with Crippen molar-refractivity contribution in [2.24, 2.45) is 5.92 Å².